The molecule has 18 heavy (non-hydrogen) atoms. The SMILES string of the molecule is CCOC(=O)c1c(N)[nH]n2c1[15n]c1ccccc12. The fourth-order valence-electron chi connectivity index (χ4n) is 2.01. The number of nitrogens with one attached hydrogen (secondary N) is 1. The molecule has 0 amide bonds. The van der Waals surface area contributed by atoms with Crippen LogP contribution in [0.3, 0.4) is 0 Å². The zero-order valence-corrected chi connectivity index (χ0v) is 9.80. The van der Waals surface area contributed by atoms with Gasteiger partial charge in [-0.3, -0.25) is 5.10 Å². The van der Waals surface area contributed by atoms with Crippen molar-refractivity contribution in [3.8, 4) is 0 Å². The fraction of sp³-hybridized carbons (Fsp3) is 0.167. The lowest BCUT2D eigenvalue weighted by molar-refractivity contribution is 0.0529. The molecule has 0 radical (unpaired) electrons. The Balaban J connectivity index is 2.31. The number of fused-ring (bicyclic) bond motifs is 3. The molecule has 2 heterocycles. The third-order valence-corrected chi connectivity index (χ3v) is 2.77. The average Bonchev–Trinajstić information content (AvgIpc) is 2.84. The summed E-state index contributed by atoms with van der Waals surface area (Å²) >= 11 is 0. The molecule has 6 nitrogen and oxygen atoms in total. The lowest BCUT2D eigenvalue weighted by Crippen LogP contribution is -2.07. The minimum Gasteiger partial charge on any atom is -0.462 e. The van der Waals surface area contributed by atoms with Crippen LogP contribution in [0.4, 0.5) is 5.82 Å². The molecule has 0 atom stereocenters. The van der Waals surface area contributed by atoms with E-state index in [1.165, 1.54) is 0 Å². The number of ether oxygens (including phenoxy) is 1. The van der Waals surface area contributed by atoms with Crippen LogP contribution in [0.1, 0.15) is 17.3 Å². The van der Waals surface area contributed by atoms with Crippen molar-refractivity contribution < 1.29 is 9.53 Å². The average molecular weight is 245 g/mol. The standard InChI is InChI=1S/C12H12N4O2/c1-2-18-12(17)9-10(13)15-16-8-6-4-3-5-7(8)14-11(9)16/h3-6,15H,2,13H2,1H3/i14+1. The summed E-state index contributed by atoms with van der Waals surface area (Å²) in [6.45, 7) is 2.05. The topological polar surface area (TPSA) is 85.4 Å². The molecule has 0 aliphatic carbocycles. The molecule has 0 bridgehead atoms. The van der Waals surface area contributed by atoms with E-state index in [2.05, 4.69) is 10.1 Å². The van der Waals surface area contributed by atoms with E-state index in [1.54, 1.807) is 11.4 Å². The maximum atomic E-state index is 11.8. The summed E-state index contributed by atoms with van der Waals surface area (Å²) < 4.78 is 6.67. The van der Waals surface area contributed by atoms with Gasteiger partial charge in [0.05, 0.1) is 17.6 Å². The summed E-state index contributed by atoms with van der Waals surface area (Å²) in [7, 11) is 0. The van der Waals surface area contributed by atoms with Crippen LogP contribution in [0.2, 0.25) is 0 Å². The van der Waals surface area contributed by atoms with Crippen LogP contribution >= 0.6 is 0 Å². The highest BCUT2D eigenvalue weighted by Crippen LogP contribution is 2.23. The minimum absolute atomic E-state index is 0.265. The number of para-hydroxylation sites is 2. The third-order valence-electron chi connectivity index (χ3n) is 2.77. The Kier molecular flexibility index (Phi) is 2.22. The molecule has 3 N–H and O–H groups in total. The number of nitrogen functional groups attached to an aromatic ring is 1. The van der Waals surface area contributed by atoms with Crippen LogP contribution < -0.4 is 5.73 Å². The van der Waals surface area contributed by atoms with Crippen LogP contribution in [-0.2, 0) is 4.74 Å². The number of nitrogens with zero attached hydrogens (tertiary/aromatic N) is 2. The van der Waals surface area contributed by atoms with Gasteiger partial charge in [-0.1, -0.05) is 12.1 Å². The van der Waals surface area contributed by atoms with Crippen LogP contribution in [-0.4, -0.2) is 27.2 Å². The summed E-state index contributed by atoms with van der Waals surface area (Å²) in [6.07, 6.45) is 0. The second kappa shape index (κ2) is 3.76. The quantitative estimate of drug-likeness (QED) is 0.671. The zero-order chi connectivity index (χ0) is 12.7. The predicted octanol–water partition coefficient (Wildman–Crippen LogP) is 1.57. The van der Waals surface area contributed by atoms with E-state index in [1.807, 2.05) is 24.3 Å². The molecule has 0 saturated carbocycles. The molecule has 0 saturated heterocycles. The van der Waals surface area contributed by atoms with Crippen molar-refractivity contribution in [2.24, 2.45) is 0 Å². The maximum Gasteiger partial charge on any atom is 0.345 e. The maximum absolute atomic E-state index is 11.8. The van der Waals surface area contributed by atoms with E-state index < -0.39 is 5.97 Å². The Labute approximate surface area is 102 Å². The van der Waals surface area contributed by atoms with Crippen LogP contribution in [0, 0.1) is 0 Å². The zero-order valence-electron chi connectivity index (χ0n) is 9.80. The molecular weight excluding hydrogens is 233 g/mol. The van der Waals surface area contributed by atoms with E-state index >= 15 is 0 Å². The second-order valence-corrected chi connectivity index (χ2v) is 3.88. The third kappa shape index (κ3) is 1.35. The Morgan fingerprint density at radius 2 is 2.28 bits per heavy atom. The molecular formula is C12H12N4O2. The summed E-state index contributed by atoms with van der Waals surface area (Å²) in [6, 6.07) is 7.57. The number of nitrogens with two attached hydrogens (primary N) is 1. The van der Waals surface area contributed by atoms with Gasteiger partial charge in [0.25, 0.3) is 0 Å². The molecule has 3 rings (SSSR count). The number of anilines is 1. The Morgan fingerprint density at radius 1 is 1.50 bits per heavy atom. The molecule has 0 spiro atoms. The Hall–Kier alpha value is -2.50. The first kappa shape index (κ1) is 10.6. The predicted molar refractivity (Wildman–Crippen MR) is 67.4 cm³/mol. The van der Waals surface area contributed by atoms with E-state index in [4.69, 9.17) is 10.5 Å². The first-order valence-electron chi connectivity index (χ1n) is 5.64. The van der Waals surface area contributed by atoms with Gasteiger partial charge in [0.1, 0.15) is 11.4 Å². The molecule has 0 aliphatic heterocycles. The largest absolute Gasteiger partial charge is 0.462 e. The van der Waals surface area contributed by atoms with Gasteiger partial charge < -0.3 is 10.5 Å². The number of hydrogen-bond acceptors (Lipinski definition) is 4. The number of aromatic amines is 1. The number of esters is 1. The number of H-pyrrole nitrogens is 1. The van der Waals surface area contributed by atoms with Crippen molar-refractivity contribution in [2.75, 3.05) is 12.3 Å². The first-order valence-corrected chi connectivity index (χ1v) is 5.64. The molecule has 0 fully saturated rings. The van der Waals surface area contributed by atoms with E-state index in [9.17, 15) is 4.79 Å². The van der Waals surface area contributed by atoms with Gasteiger partial charge in [0, 0.05) is 0 Å². The number of benzene rings is 1. The summed E-state index contributed by atoms with van der Waals surface area (Å²) in [5, 5.41) is 2.92. The summed E-state index contributed by atoms with van der Waals surface area (Å²) in [5.41, 5.74) is 8.25. The number of hydrogen-bond donors (Lipinski definition) is 2. The van der Waals surface area contributed by atoms with Crippen molar-refractivity contribution in [1.82, 2.24) is 14.6 Å². The lowest BCUT2D eigenvalue weighted by atomic mass is 10.3. The number of imidazole rings is 1. The highest BCUT2D eigenvalue weighted by molar-refractivity contribution is 6.02. The van der Waals surface area contributed by atoms with Gasteiger partial charge in [0.2, 0.25) is 0 Å². The minimum atomic E-state index is -0.462. The second-order valence-electron chi connectivity index (χ2n) is 3.88. The van der Waals surface area contributed by atoms with E-state index in [-0.39, 0.29) is 11.4 Å². The highest BCUT2D eigenvalue weighted by atomic mass is 16.5. The monoisotopic (exact) mass is 245 g/mol. The van der Waals surface area contributed by atoms with E-state index in [0.717, 1.165) is 11.0 Å². The number of carbonyl (C=O) groups excluding carboxylic acids is 1. The number of aromatic nitrogens is 3. The molecule has 92 valence electrons. The Morgan fingerprint density at radius 3 is 3.06 bits per heavy atom. The smallest absolute Gasteiger partial charge is 0.345 e. The van der Waals surface area contributed by atoms with Crippen LogP contribution in [0.25, 0.3) is 16.7 Å². The molecule has 2 aromatic heterocycles. The normalized spacial score (nSPS) is 11.2. The van der Waals surface area contributed by atoms with Gasteiger partial charge in [-0.25, -0.2) is 14.3 Å². The molecule has 0 aliphatic rings. The van der Waals surface area contributed by atoms with Crippen molar-refractivity contribution in [2.45, 2.75) is 6.92 Å². The summed E-state index contributed by atoms with van der Waals surface area (Å²) in [4.78, 5) is 16.2. The Bertz CT molecular complexity index is 741. The number of rotatable bonds is 2. The van der Waals surface area contributed by atoms with Crippen molar-refractivity contribution >= 4 is 28.5 Å². The summed E-state index contributed by atoms with van der Waals surface area (Å²) in [5.74, 6) is -0.196. The van der Waals surface area contributed by atoms with Crippen LogP contribution in [0.15, 0.2) is 24.3 Å². The van der Waals surface area contributed by atoms with Crippen molar-refractivity contribution in [3.63, 3.8) is 0 Å². The molecule has 3 aromatic rings. The highest BCUT2D eigenvalue weighted by Gasteiger charge is 2.21. The number of carbonyl (C=O) groups is 1. The molecule has 1 aromatic carbocycles. The van der Waals surface area contributed by atoms with Gasteiger partial charge >= 0.3 is 5.97 Å². The molecule has 6 heteroatoms. The van der Waals surface area contributed by atoms with Gasteiger partial charge in [-0.2, -0.15) is 0 Å². The lowest BCUT2D eigenvalue weighted by Gasteiger charge is -1.98. The van der Waals surface area contributed by atoms with Gasteiger partial charge in [0.15, 0.2) is 5.65 Å². The van der Waals surface area contributed by atoms with Gasteiger partial charge in [-0.05, 0) is 19.1 Å². The van der Waals surface area contributed by atoms with Gasteiger partial charge in [-0.15, -0.1) is 0 Å². The van der Waals surface area contributed by atoms with Crippen molar-refractivity contribution in [3.05, 3.63) is 29.8 Å². The fourth-order valence-corrected chi connectivity index (χ4v) is 2.01. The van der Waals surface area contributed by atoms with E-state index in [0.29, 0.717) is 12.3 Å². The molecule has 0 unspecified atom stereocenters. The first-order chi connectivity index (χ1) is 8.72. The van der Waals surface area contributed by atoms with Crippen LogP contribution in [0.5, 0.6) is 0 Å². The van der Waals surface area contributed by atoms with Crippen molar-refractivity contribution in [1.29, 1.82) is 0 Å².